The highest BCUT2D eigenvalue weighted by Gasteiger charge is 2.33. The van der Waals surface area contributed by atoms with Crippen LogP contribution in [0.5, 0.6) is 0 Å². The molecule has 0 amide bonds. The summed E-state index contributed by atoms with van der Waals surface area (Å²) >= 11 is 0. The van der Waals surface area contributed by atoms with Gasteiger partial charge in [0.1, 0.15) is 5.82 Å². The molecule has 136 valence electrons. The van der Waals surface area contributed by atoms with Crippen LogP contribution >= 0.6 is 0 Å². The fourth-order valence-electron chi connectivity index (χ4n) is 2.24. The van der Waals surface area contributed by atoms with Crippen LogP contribution in [0.3, 0.4) is 0 Å². The Morgan fingerprint density at radius 3 is 2.64 bits per heavy atom. The Labute approximate surface area is 142 Å². The number of alkyl halides is 3. The van der Waals surface area contributed by atoms with Crippen LogP contribution in [-0.4, -0.2) is 29.3 Å². The molecule has 0 spiro atoms. The van der Waals surface area contributed by atoms with Crippen LogP contribution in [-0.2, 0) is 19.3 Å². The topological polar surface area (TPSA) is 54.2 Å². The van der Waals surface area contributed by atoms with Gasteiger partial charge in [0.25, 0.3) is 0 Å². The van der Waals surface area contributed by atoms with Gasteiger partial charge in [0, 0.05) is 26.3 Å². The smallest absolute Gasteiger partial charge is 0.355 e. The van der Waals surface area contributed by atoms with E-state index >= 15 is 0 Å². The molecule has 25 heavy (non-hydrogen) atoms. The number of halogens is 4. The maximum Gasteiger partial charge on any atom is 0.416 e. The second-order valence-electron chi connectivity index (χ2n) is 5.43. The van der Waals surface area contributed by atoms with Crippen molar-refractivity contribution in [1.82, 2.24) is 20.4 Å². The zero-order valence-electron chi connectivity index (χ0n) is 13.9. The molecule has 9 heteroatoms. The van der Waals surface area contributed by atoms with Crippen molar-refractivity contribution in [2.24, 2.45) is 4.99 Å². The van der Waals surface area contributed by atoms with Crippen LogP contribution in [0.4, 0.5) is 17.6 Å². The summed E-state index contributed by atoms with van der Waals surface area (Å²) in [5.74, 6) is -0.575. The number of aliphatic imine (C=N–C) groups is 1. The second kappa shape index (κ2) is 8.00. The maximum absolute atomic E-state index is 13.1. The number of nitrogens with one attached hydrogen (secondary N) is 2. The Kier molecular flexibility index (Phi) is 6.00. The third-order valence-corrected chi connectivity index (χ3v) is 3.44. The zero-order valence-corrected chi connectivity index (χ0v) is 13.9. The first-order chi connectivity index (χ1) is 11.8. The summed E-state index contributed by atoms with van der Waals surface area (Å²) in [6.07, 6.45) is -1.000. The lowest BCUT2D eigenvalue weighted by Crippen LogP contribution is -2.38. The van der Waals surface area contributed by atoms with E-state index in [1.165, 1.54) is 7.05 Å². The number of hydrogen-bond acceptors (Lipinski definition) is 2. The first-order valence-electron chi connectivity index (χ1n) is 7.59. The number of guanidine groups is 1. The summed E-state index contributed by atoms with van der Waals surface area (Å²) in [4.78, 5) is 3.96. The molecule has 1 aromatic heterocycles. The van der Waals surface area contributed by atoms with Crippen molar-refractivity contribution in [3.8, 4) is 0 Å². The average Bonchev–Trinajstić information content (AvgIpc) is 2.96. The largest absolute Gasteiger partial charge is 0.416 e. The molecule has 0 unspecified atom stereocenters. The van der Waals surface area contributed by atoms with Gasteiger partial charge < -0.3 is 10.6 Å². The SMILES string of the molecule is CN=C(NCCn1cc(C)cn1)NCc1ccc(F)cc1C(F)(F)F. The van der Waals surface area contributed by atoms with E-state index in [1.807, 2.05) is 13.1 Å². The fourth-order valence-corrected chi connectivity index (χ4v) is 2.24. The summed E-state index contributed by atoms with van der Waals surface area (Å²) in [6.45, 7) is 2.88. The lowest BCUT2D eigenvalue weighted by molar-refractivity contribution is -0.138. The van der Waals surface area contributed by atoms with Gasteiger partial charge in [-0.1, -0.05) is 6.07 Å². The Hall–Kier alpha value is -2.58. The Balaban J connectivity index is 1.92. The van der Waals surface area contributed by atoms with Gasteiger partial charge in [-0.25, -0.2) is 4.39 Å². The standard InChI is InChI=1S/C16H19F4N5/c1-11-8-24-25(10-11)6-5-22-15(21-2)23-9-12-3-4-13(17)7-14(12)16(18,19)20/h3-4,7-8,10H,5-6,9H2,1-2H3,(H2,21,22,23). The summed E-state index contributed by atoms with van der Waals surface area (Å²) < 4.78 is 53.8. The second-order valence-corrected chi connectivity index (χ2v) is 5.43. The number of benzene rings is 1. The van der Waals surface area contributed by atoms with E-state index < -0.39 is 17.6 Å². The van der Waals surface area contributed by atoms with Gasteiger partial charge in [-0.15, -0.1) is 0 Å². The molecule has 2 aromatic rings. The summed E-state index contributed by atoms with van der Waals surface area (Å²) in [6, 6.07) is 2.61. The summed E-state index contributed by atoms with van der Waals surface area (Å²) in [5.41, 5.74) is -0.0134. The van der Waals surface area contributed by atoms with Crippen molar-refractivity contribution in [2.75, 3.05) is 13.6 Å². The monoisotopic (exact) mass is 357 g/mol. The van der Waals surface area contributed by atoms with Crippen LogP contribution < -0.4 is 10.6 Å². The molecule has 2 rings (SSSR count). The van der Waals surface area contributed by atoms with E-state index in [4.69, 9.17) is 0 Å². The highest BCUT2D eigenvalue weighted by molar-refractivity contribution is 5.79. The molecule has 0 bridgehead atoms. The molecule has 0 fully saturated rings. The van der Waals surface area contributed by atoms with Crippen molar-refractivity contribution in [3.05, 3.63) is 53.1 Å². The van der Waals surface area contributed by atoms with Crippen LogP contribution in [0.2, 0.25) is 0 Å². The average molecular weight is 357 g/mol. The predicted molar refractivity (Wildman–Crippen MR) is 86.6 cm³/mol. The molecule has 0 radical (unpaired) electrons. The minimum Gasteiger partial charge on any atom is -0.355 e. The molecule has 0 saturated heterocycles. The van der Waals surface area contributed by atoms with E-state index in [2.05, 4.69) is 20.7 Å². The predicted octanol–water partition coefficient (Wildman–Crippen LogP) is 2.71. The zero-order chi connectivity index (χ0) is 18.4. The molecule has 0 aliphatic carbocycles. The van der Waals surface area contributed by atoms with Crippen molar-refractivity contribution in [1.29, 1.82) is 0 Å². The summed E-state index contributed by atoms with van der Waals surface area (Å²) in [7, 11) is 1.52. The molecule has 1 heterocycles. The van der Waals surface area contributed by atoms with Crippen LogP contribution in [0.25, 0.3) is 0 Å². The lowest BCUT2D eigenvalue weighted by atomic mass is 10.1. The van der Waals surface area contributed by atoms with Gasteiger partial charge in [-0.2, -0.15) is 18.3 Å². The van der Waals surface area contributed by atoms with Crippen LogP contribution in [0, 0.1) is 12.7 Å². The normalized spacial score (nSPS) is 12.3. The van der Waals surface area contributed by atoms with E-state index in [0.717, 1.165) is 17.7 Å². The van der Waals surface area contributed by atoms with Gasteiger partial charge in [0.2, 0.25) is 0 Å². The van der Waals surface area contributed by atoms with E-state index in [1.54, 1.807) is 10.9 Å². The van der Waals surface area contributed by atoms with E-state index in [-0.39, 0.29) is 12.1 Å². The van der Waals surface area contributed by atoms with Gasteiger partial charge in [0.05, 0.1) is 18.3 Å². The molecule has 0 atom stereocenters. The Morgan fingerprint density at radius 1 is 1.28 bits per heavy atom. The molecular weight excluding hydrogens is 338 g/mol. The molecule has 2 N–H and O–H groups in total. The Morgan fingerprint density at radius 2 is 2.04 bits per heavy atom. The first kappa shape index (κ1) is 18.8. The minimum atomic E-state index is -4.62. The highest BCUT2D eigenvalue weighted by atomic mass is 19.4. The third-order valence-electron chi connectivity index (χ3n) is 3.44. The van der Waals surface area contributed by atoms with E-state index in [0.29, 0.717) is 25.1 Å². The number of rotatable bonds is 5. The molecular formula is C16H19F4N5. The third kappa shape index (κ3) is 5.47. The van der Waals surface area contributed by atoms with Crippen LogP contribution in [0.15, 0.2) is 35.6 Å². The van der Waals surface area contributed by atoms with Crippen molar-refractivity contribution < 1.29 is 17.6 Å². The van der Waals surface area contributed by atoms with E-state index in [9.17, 15) is 17.6 Å². The molecule has 5 nitrogen and oxygen atoms in total. The quantitative estimate of drug-likeness (QED) is 0.492. The van der Waals surface area contributed by atoms with Gasteiger partial charge in [-0.05, 0) is 30.2 Å². The number of aromatic nitrogens is 2. The lowest BCUT2D eigenvalue weighted by Gasteiger charge is -2.16. The number of nitrogens with zero attached hydrogens (tertiary/aromatic N) is 3. The van der Waals surface area contributed by atoms with Gasteiger partial charge in [0.15, 0.2) is 5.96 Å². The van der Waals surface area contributed by atoms with Crippen molar-refractivity contribution >= 4 is 5.96 Å². The molecule has 1 aromatic carbocycles. The van der Waals surface area contributed by atoms with Gasteiger partial charge >= 0.3 is 6.18 Å². The van der Waals surface area contributed by atoms with Crippen molar-refractivity contribution in [3.63, 3.8) is 0 Å². The minimum absolute atomic E-state index is 0.0560. The Bertz CT molecular complexity index is 736. The first-order valence-corrected chi connectivity index (χ1v) is 7.59. The molecule has 0 aliphatic rings. The number of hydrogen-bond donors (Lipinski definition) is 2. The fraction of sp³-hybridized carbons (Fsp3) is 0.375. The highest BCUT2D eigenvalue weighted by Crippen LogP contribution is 2.32. The maximum atomic E-state index is 13.1. The number of aryl methyl sites for hydroxylation is 1. The van der Waals surface area contributed by atoms with Gasteiger partial charge in [-0.3, -0.25) is 9.67 Å². The van der Waals surface area contributed by atoms with Crippen LogP contribution in [0.1, 0.15) is 16.7 Å². The summed E-state index contributed by atoms with van der Waals surface area (Å²) in [5, 5.41) is 9.92. The molecule has 0 saturated carbocycles. The molecule has 0 aliphatic heterocycles. The van der Waals surface area contributed by atoms with Crippen molar-refractivity contribution in [2.45, 2.75) is 26.2 Å².